The van der Waals surface area contributed by atoms with Crippen molar-refractivity contribution in [1.82, 2.24) is 4.98 Å². The molecule has 244 valence electrons. The van der Waals surface area contributed by atoms with Crippen molar-refractivity contribution in [3.05, 3.63) is 83.0 Å². The number of esters is 1. The number of hydrogen-bond acceptors (Lipinski definition) is 9. The SMILES string of the molecule is CCOc1cc(N2CCOCC2)c(OCC)cc1NC(=O)COC(=O)c1c2c(nc3ccccc13)C(=Cc1ccc(OC)cc1)CC2. The number of benzene rings is 3. The van der Waals surface area contributed by atoms with Crippen LogP contribution in [0.2, 0.25) is 0 Å². The molecule has 10 heteroatoms. The number of anilines is 2. The number of fused-ring (bicyclic) bond motifs is 2. The molecule has 2 heterocycles. The van der Waals surface area contributed by atoms with Crippen molar-refractivity contribution >= 4 is 45.8 Å². The molecule has 1 aliphatic heterocycles. The number of hydrogen-bond donors (Lipinski definition) is 1. The molecular formula is C37H39N3O7. The van der Waals surface area contributed by atoms with E-state index in [2.05, 4.69) is 16.3 Å². The molecule has 0 bridgehead atoms. The highest BCUT2D eigenvalue weighted by Gasteiger charge is 2.28. The van der Waals surface area contributed by atoms with Gasteiger partial charge in [0.2, 0.25) is 0 Å². The summed E-state index contributed by atoms with van der Waals surface area (Å²) >= 11 is 0. The molecule has 10 nitrogen and oxygen atoms in total. The average Bonchev–Trinajstić information content (AvgIpc) is 3.49. The van der Waals surface area contributed by atoms with Crippen LogP contribution in [0, 0.1) is 0 Å². The van der Waals surface area contributed by atoms with Gasteiger partial charge >= 0.3 is 5.97 Å². The van der Waals surface area contributed by atoms with Crippen molar-refractivity contribution in [2.24, 2.45) is 0 Å². The van der Waals surface area contributed by atoms with Gasteiger partial charge in [-0.2, -0.15) is 0 Å². The summed E-state index contributed by atoms with van der Waals surface area (Å²) in [5.41, 5.74) is 6.11. The number of amides is 1. The van der Waals surface area contributed by atoms with Crippen LogP contribution in [-0.4, -0.2) is 70.1 Å². The van der Waals surface area contributed by atoms with Crippen LogP contribution < -0.4 is 24.4 Å². The van der Waals surface area contributed by atoms with Crippen LogP contribution in [0.1, 0.15) is 47.4 Å². The molecule has 1 aliphatic carbocycles. The summed E-state index contributed by atoms with van der Waals surface area (Å²) in [4.78, 5) is 34.0. The zero-order chi connectivity index (χ0) is 32.8. The minimum absolute atomic E-state index is 0.406. The van der Waals surface area contributed by atoms with E-state index in [1.165, 1.54) is 0 Å². The normalized spacial score (nSPS) is 15.0. The largest absolute Gasteiger partial charge is 0.497 e. The first kappa shape index (κ1) is 31.9. The van der Waals surface area contributed by atoms with E-state index < -0.39 is 18.5 Å². The molecule has 0 atom stereocenters. The highest BCUT2D eigenvalue weighted by Crippen LogP contribution is 2.40. The number of methoxy groups -OCH3 is 1. The lowest BCUT2D eigenvalue weighted by Gasteiger charge is -2.31. The Balaban J connectivity index is 1.23. The van der Waals surface area contributed by atoms with Crippen molar-refractivity contribution in [3.63, 3.8) is 0 Å². The lowest BCUT2D eigenvalue weighted by Crippen LogP contribution is -2.36. The number of aromatic nitrogens is 1. The quantitative estimate of drug-likeness (QED) is 0.194. The number of pyridine rings is 1. The molecule has 47 heavy (non-hydrogen) atoms. The van der Waals surface area contributed by atoms with Gasteiger partial charge in [0.05, 0.1) is 61.7 Å². The van der Waals surface area contributed by atoms with Crippen molar-refractivity contribution < 1.29 is 33.3 Å². The molecule has 4 aromatic rings. The van der Waals surface area contributed by atoms with Crippen LogP contribution >= 0.6 is 0 Å². The van der Waals surface area contributed by atoms with Gasteiger partial charge in [0.15, 0.2) is 6.61 Å². The Morgan fingerprint density at radius 1 is 0.957 bits per heavy atom. The molecule has 0 saturated carbocycles. The number of para-hydroxylation sites is 1. The topological polar surface area (TPSA) is 108 Å². The van der Waals surface area contributed by atoms with E-state index in [4.69, 9.17) is 28.7 Å². The highest BCUT2D eigenvalue weighted by molar-refractivity contribution is 6.08. The summed E-state index contributed by atoms with van der Waals surface area (Å²) in [6.45, 7) is 6.87. The molecule has 1 aromatic heterocycles. The second-order valence-corrected chi connectivity index (χ2v) is 11.2. The smallest absolute Gasteiger partial charge is 0.339 e. The van der Waals surface area contributed by atoms with Crippen LogP contribution in [-0.2, 0) is 20.7 Å². The predicted molar refractivity (Wildman–Crippen MR) is 182 cm³/mol. The molecule has 3 aromatic carbocycles. The minimum Gasteiger partial charge on any atom is -0.497 e. The maximum absolute atomic E-state index is 13.7. The monoisotopic (exact) mass is 637 g/mol. The van der Waals surface area contributed by atoms with Gasteiger partial charge in [-0.15, -0.1) is 0 Å². The Kier molecular flexibility index (Phi) is 9.87. The summed E-state index contributed by atoms with van der Waals surface area (Å²) in [5.74, 6) is 0.860. The number of morpholine rings is 1. The van der Waals surface area contributed by atoms with E-state index in [-0.39, 0.29) is 0 Å². The summed E-state index contributed by atoms with van der Waals surface area (Å²) in [6.07, 6.45) is 3.46. The van der Waals surface area contributed by atoms with E-state index in [1.54, 1.807) is 13.2 Å². The Morgan fingerprint density at radius 3 is 2.45 bits per heavy atom. The van der Waals surface area contributed by atoms with Gasteiger partial charge in [-0.1, -0.05) is 30.3 Å². The van der Waals surface area contributed by atoms with E-state index in [9.17, 15) is 9.59 Å². The third-order valence-corrected chi connectivity index (χ3v) is 8.22. The van der Waals surface area contributed by atoms with Crippen molar-refractivity contribution in [3.8, 4) is 17.2 Å². The first-order chi connectivity index (χ1) is 23.0. The molecule has 6 rings (SSSR count). The number of allylic oxidation sites excluding steroid dienone is 1. The fourth-order valence-electron chi connectivity index (χ4n) is 6.05. The maximum atomic E-state index is 13.7. The van der Waals surface area contributed by atoms with Crippen molar-refractivity contribution in [1.29, 1.82) is 0 Å². The molecule has 0 spiro atoms. The van der Waals surface area contributed by atoms with Crippen molar-refractivity contribution in [2.75, 3.05) is 63.5 Å². The number of nitrogens with zero attached hydrogens (tertiary/aromatic N) is 2. The molecule has 1 fully saturated rings. The molecule has 1 saturated heterocycles. The summed E-state index contributed by atoms with van der Waals surface area (Å²) in [6, 6.07) is 19.0. The first-order valence-corrected chi connectivity index (χ1v) is 16.0. The summed E-state index contributed by atoms with van der Waals surface area (Å²) < 4.78 is 28.3. The first-order valence-electron chi connectivity index (χ1n) is 16.0. The molecule has 2 aliphatic rings. The van der Waals surface area contributed by atoms with Crippen molar-refractivity contribution in [2.45, 2.75) is 26.7 Å². The van der Waals surface area contributed by atoms with Crippen LogP contribution in [0.3, 0.4) is 0 Å². The summed E-state index contributed by atoms with van der Waals surface area (Å²) in [7, 11) is 1.64. The Hall–Kier alpha value is -5.09. The van der Waals surface area contributed by atoms with E-state index in [1.807, 2.05) is 68.4 Å². The lowest BCUT2D eigenvalue weighted by molar-refractivity contribution is -0.119. The fraction of sp³-hybridized carbons (Fsp3) is 0.324. The summed E-state index contributed by atoms with van der Waals surface area (Å²) in [5, 5.41) is 3.56. The lowest BCUT2D eigenvalue weighted by atomic mass is 10.0. The Bertz CT molecular complexity index is 1800. The average molecular weight is 638 g/mol. The second-order valence-electron chi connectivity index (χ2n) is 11.2. The van der Waals surface area contributed by atoms with Gasteiger partial charge in [-0.3, -0.25) is 4.79 Å². The fourth-order valence-corrected chi connectivity index (χ4v) is 6.05. The Labute approximate surface area is 274 Å². The van der Waals surface area contributed by atoms with E-state index >= 15 is 0 Å². The zero-order valence-electron chi connectivity index (χ0n) is 27.0. The van der Waals surface area contributed by atoms with Gasteiger partial charge < -0.3 is 33.9 Å². The Morgan fingerprint density at radius 2 is 1.70 bits per heavy atom. The van der Waals surface area contributed by atoms with Gasteiger partial charge in [0, 0.05) is 30.6 Å². The number of rotatable bonds is 11. The molecule has 0 unspecified atom stereocenters. The zero-order valence-corrected chi connectivity index (χ0v) is 27.0. The van der Waals surface area contributed by atoms with Crippen LogP contribution in [0.5, 0.6) is 17.2 Å². The number of nitrogens with one attached hydrogen (secondary N) is 1. The predicted octanol–water partition coefficient (Wildman–Crippen LogP) is 6.16. The molecule has 1 N–H and O–H groups in total. The maximum Gasteiger partial charge on any atom is 0.339 e. The van der Waals surface area contributed by atoms with Gasteiger partial charge in [0.25, 0.3) is 5.91 Å². The standard InChI is InChI=1S/C37H39N3O7/c1-4-45-32-22-31(40-16-18-44-19-17-40)33(46-5-2)21-30(32)38-34(41)23-47-37(42)35-27-8-6-7-9-29(27)39-36-25(12-15-28(35)36)20-24-10-13-26(43-3)14-11-24/h6-11,13-14,20-22H,4-5,12,15-19,23H2,1-3H3,(H,38,41). The second kappa shape index (κ2) is 14.6. The molecular weight excluding hydrogens is 598 g/mol. The number of ether oxygens (including phenoxy) is 5. The van der Waals surface area contributed by atoms with E-state index in [0.29, 0.717) is 66.5 Å². The van der Waals surface area contributed by atoms with Crippen LogP contribution in [0.4, 0.5) is 11.4 Å². The van der Waals surface area contributed by atoms with Gasteiger partial charge in [-0.05, 0) is 67.7 Å². The third kappa shape index (κ3) is 7.02. The minimum atomic E-state index is -0.566. The van der Waals surface area contributed by atoms with E-state index in [0.717, 1.165) is 53.3 Å². The van der Waals surface area contributed by atoms with Gasteiger partial charge in [-0.25, -0.2) is 9.78 Å². The van der Waals surface area contributed by atoms with Crippen LogP contribution in [0.25, 0.3) is 22.6 Å². The highest BCUT2D eigenvalue weighted by atomic mass is 16.5. The third-order valence-electron chi connectivity index (χ3n) is 8.22. The number of carbonyl (C=O) groups is 2. The van der Waals surface area contributed by atoms with Crippen LogP contribution in [0.15, 0.2) is 60.7 Å². The number of carbonyl (C=O) groups excluding carboxylic acids is 2. The van der Waals surface area contributed by atoms with Gasteiger partial charge in [0.1, 0.15) is 17.2 Å². The molecule has 1 amide bonds. The molecule has 0 radical (unpaired) electrons.